The van der Waals surface area contributed by atoms with E-state index >= 15 is 0 Å². The van der Waals surface area contributed by atoms with Gasteiger partial charge in [0.05, 0.1) is 7.11 Å². The molecule has 3 aromatic rings. The molecular weight excluding hydrogens is 466 g/mol. The van der Waals surface area contributed by atoms with Crippen LogP contribution < -0.4 is 20.7 Å². The second-order valence-corrected chi connectivity index (χ2v) is 8.84. The zero-order chi connectivity index (χ0) is 25.2. The lowest BCUT2D eigenvalue weighted by molar-refractivity contribution is -0.120. The fourth-order valence-corrected chi connectivity index (χ4v) is 4.07. The topological polar surface area (TPSA) is 122 Å². The zero-order valence-electron chi connectivity index (χ0n) is 20.0. The van der Waals surface area contributed by atoms with Gasteiger partial charge in [-0.3, -0.25) is 19.7 Å². The van der Waals surface area contributed by atoms with Crippen LogP contribution in [0.3, 0.4) is 0 Å². The molecule has 1 aromatic heterocycles. The molecule has 0 saturated heterocycles. The Morgan fingerprint density at radius 3 is 2.37 bits per heavy atom. The lowest BCUT2D eigenvalue weighted by Gasteiger charge is -2.12. The van der Waals surface area contributed by atoms with E-state index in [2.05, 4.69) is 26.1 Å². The Kier molecular flexibility index (Phi) is 9.31. The molecule has 3 amide bonds. The lowest BCUT2D eigenvalue weighted by atomic mass is 10.0. The third-order valence-electron chi connectivity index (χ3n) is 5.41. The fraction of sp³-hybridized carbons (Fsp3) is 0.320. The van der Waals surface area contributed by atoms with E-state index in [-0.39, 0.29) is 23.6 Å². The Bertz CT molecular complexity index is 1160. The lowest BCUT2D eigenvalue weighted by Crippen LogP contribution is -2.25. The van der Waals surface area contributed by atoms with Crippen molar-refractivity contribution in [2.24, 2.45) is 5.92 Å². The number of carbonyl (C=O) groups is 3. The van der Waals surface area contributed by atoms with Crippen molar-refractivity contribution in [2.75, 3.05) is 24.3 Å². The SMILES string of the molecule is CCC(CC)C(=O)Nc1ccc(C(=O)Nc2nnc(CCNC(=O)c3cccc(OC)c3)s2)cc1. The van der Waals surface area contributed by atoms with Crippen molar-refractivity contribution in [2.45, 2.75) is 33.1 Å². The van der Waals surface area contributed by atoms with Crippen molar-refractivity contribution in [1.82, 2.24) is 15.5 Å². The molecule has 0 saturated carbocycles. The molecule has 0 aliphatic carbocycles. The quantitative estimate of drug-likeness (QED) is 0.367. The second-order valence-electron chi connectivity index (χ2n) is 7.77. The Balaban J connectivity index is 1.48. The summed E-state index contributed by atoms with van der Waals surface area (Å²) in [5, 5.41) is 17.6. The highest BCUT2D eigenvalue weighted by Crippen LogP contribution is 2.18. The second kappa shape index (κ2) is 12.6. The van der Waals surface area contributed by atoms with Crippen LogP contribution >= 0.6 is 11.3 Å². The van der Waals surface area contributed by atoms with Gasteiger partial charge in [0.15, 0.2) is 0 Å². The van der Waals surface area contributed by atoms with Crippen molar-refractivity contribution < 1.29 is 19.1 Å². The van der Waals surface area contributed by atoms with E-state index < -0.39 is 0 Å². The molecule has 3 N–H and O–H groups in total. The Morgan fingerprint density at radius 1 is 0.943 bits per heavy atom. The molecule has 10 heteroatoms. The van der Waals surface area contributed by atoms with Gasteiger partial charge in [-0.2, -0.15) is 0 Å². The zero-order valence-corrected chi connectivity index (χ0v) is 20.8. The number of hydrogen-bond donors (Lipinski definition) is 3. The van der Waals surface area contributed by atoms with Crippen LogP contribution in [0.4, 0.5) is 10.8 Å². The van der Waals surface area contributed by atoms with E-state index in [1.54, 1.807) is 55.6 Å². The number of nitrogens with zero attached hydrogens (tertiary/aromatic N) is 2. The number of methoxy groups -OCH3 is 1. The number of carbonyl (C=O) groups excluding carboxylic acids is 3. The number of hydrogen-bond acceptors (Lipinski definition) is 7. The fourth-order valence-electron chi connectivity index (χ4n) is 3.33. The summed E-state index contributed by atoms with van der Waals surface area (Å²) in [5.74, 6) is 0.0366. The number of benzene rings is 2. The highest BCUT2D eigenvalue weighted by Gasteiger charge is 2.15. The Morgan fingerprint density at radius 2 is 1.69 bits per heavy atom. The summed E-state index contributed by atoms with van der Waals surface area (Å²) in [6, 6.07) is 13.6. The third-order valence-corrected chi connectivity index (χ3v) is 6.31. The molecule has 35 heavy (non-hydrogen) atoms. The maximum atomic E-state index is 12.5. The van der Waals surface area contributed by atoms with Crippen LogP contribution in [0, 0.1) is 5.92 Å². The maximum absolute atomic E-state index is 12.5. The van der Waals surface area contributed by atoms with Gasteiger partial charge >= 0.3 is 0 Å². The predicted molar refractivity (Wildman–Crippen MR) is 136 cm³/mol. The summed E-state index contributed by atoms with van der Waals surface area (Å²) < 4.78 is 5.14. The molecule has 0 bridgehead atoms. The van der Waals surface area contributed by atoms with Gasteiger partial charge in [-0.15, -0.1) is 10.2 Å². The molecule has 0 fully saturated rings. The molecule has 9 nitrogen and oxygen atoms in total. The van der Waals surface area contributed by atoms with Crippen molar-refractivity contribution in [1.29, 1.82) is 0 Å². The first-order valence-electron chi connectivity index (χ1n) is 11.4. The van der Waals surface area contributed by atoms with Gasteiger partial charge in [-0.25, -0.2) is 0 Å². The Hall–Kier alpha value is -3.79. The van der Waals surface area contributed by atoms with E-state index in [1.807, 2.05) is 13.8 Å². The van der Waals surface area contributed by atoms with Crippen LogP contribution in [0.5, 0.6) is 5.75 Å². The standard InChI is InChI=1S/C25H29N5O4S/c1-4-16(5-2)23(32)27-19-11-9-17(10-12-19)24(33)28-25-30-29-21(35-25)13-14-26-22(31)18-7-6-8-20(15-18)34-3/h6-12,15-16H,4-5,13-14H2,1-3H3,(H,26,31)(H,27,32)(H,28,30,33). The van der Waals surface area contributed by atoms with Gasteiger partial charge in [0.2, 0.25) is 11.0 Å². The molecule has 1 heterocycles. The molecule has 0 radical (unpaired) electrons. The molecule has 0 unspecified atom stereocenters. The summed E-state index contributed by atoms with van der Waals surface area (Å²) in [6.07, 6.45) is 2.04. The molecule has 0 aliphatic rings. The van der Waals surface area contributed by atoms with Gasteiger partial charge in [0, 0.05) is 35.7 Å². The van der Waals surface area contributed by atoms with Crippen LogP contribution in [0.2, 0.25) is 0 Å². The van der Waals surface area contributed by atoms with Crippen LogP contribution in [0.15, 0.2) is 48.5 Å². The first-order chi connectivity index (χ1) is 16.9. The molecule has 184 valence electrons. The number of aromatic nitrogens is 2. The number of ether oxygens (including phenoxy) is 1. The summed E-state index contributed by atoms with van der Waals surface area (Å²) >= 11 is 1.25. The van der Waals surface area contributed by atoms with Crippen LogP contribution in [-0.2, 0) is 11.2 Å². The highest BCUT2D eigenvalue weighted by atomic mass is 32.1. The van der Waals surface area contributed by atoms with Crippen LogP contribution in [-0.4, -0.2) is 41.6 Å². The minimum atomic E-state index is -0.322. The molecule has 3 rings (SSSR count). The molecule has 2 aromatic carbocycles. The summed E-state index contributed by atoms with van der Waals surface area (Å²) in [7, 11) is 1.55. The summed E-state index contributed by atoms with van der Waals surface area (Å²) in [4.78, 5) is 37.0. The first kappa shape index (κ1) is 25.8. The van der Waals surface area contributed by atoms with Crippen molar-refractivity contribution in [3.8, 4) is 5.75 Å². The van der Waals surface area contributed by atoms with E-state index in [0.717, 1.165) is 12.8 Å². The average Bonchev–Trinajstić information content (AvgIpc) is 3.32. The molecule has 0 aliphatic heterocycles. The third kappa shape index (κ3) is 7.35. The molecular formula is C25H29N5O4S. The monoisotopic (exact) mass is 495 g/mol. The van der Waals surface area contributed by atoms with E-state index in [0.29, 0.717) is 45.7 Å². The normalized spacial score (nSPS) is 10.6. The number of anilines is 2. The van der Waals surface area contributed by atoms with Crippen LogP contribution in [0.1, 0.15) is 52.4 Å². The van der Waals surface area contributed by atoms with E-state index in [4.69, 9.17) is 4.74 Å². The summed E-state index contributed by atoms with van der Waals surface area (Å²) in [5.41, 5.74) is 1.59. The van der Waals surface area contributed by atoms with Gasteiger partial charge in [0.1, 0.15) is 10.8 Å². The number of nitrogens with one attached hydrogen (secondary N) is 3. The maximum Gasteiger partial charge on any atom is 0.257 e. The minimum Gasteiger partial charge on any atom is -0.497 e. The van der Waals surface area contributed by atoms with E-state index in [1.165, 1.54) is 11.3 Å². The van der Waals surface area contributed by atoms with Crippen molar-refractivity contribution >= 4 is 39.9 Å². The predicted octanol–water partition coefficient (Wildman–Crippen LogP) is 4.15. The average molecular weight is 496 g/mol. The van der Waals surface area contributed by atoms with Crippen molar-refractivity contribution in [3.05, 3.63) is 64.7 Å². The van der Waals surface area contributed by atoms with Gasteiger partial charge in [-0.05, 0) is 55.3 Å². The largest absolute Gasteiger partial charge is 0.497 e. The van der Waals surface area contributed by atoms with Gasteiger partial charge in [0.25, 0.3) is 11.8 Å². The molecule has 0 atom stereocenters. The number of rotatable bonds is 11. The van der Waals surface area contributed by atoms with Crippen LogP contribution in [0.25, 0.3) is 0 Å². The van der Waals surface area contributed by atoms with Crippen molar-refractivity contribution in [3.63, 3.8) is 0 Å². The Labute approximate surface area is 208 Å². The smallest absolute Gasteiger partial charge is 0.257 e. The molecule has 0 spiro atoms. The van der Waals surface area contributed by atoms with Gasteiger partial charge < -0.3 is 15.4 Å². The highest BCUT2D eigenvalue weighted by molar-refractivity contribution is 7.15. The summed E-state index contributed by atoms with van der Waals surface area (Å²) in [6.45, 7) is 4.35. The van der Waals surface area contributed by atoms with E-state index in [9.17, 15) is 14.4 Å². The minimum absolute atomic E-state index is 0.0201. The number of amides is 3. The first-order valence-corrected chi connectivity index (χ1v) is 12.2. The van der Waals surface area contributed by atoms with Gasteiger partial charge in [-0.1, -0.05) is 31.3 Å².